The van der Waals surface area contributed by atoms with E-state index in [9.17, 15) is 4.39 Å². The van der Waals surface area contributed by atoms with Crippen molar-refractivity contribution in [2.45, 2.75) is 39.2 Å². The first-order valence-electron chi connectivity index (χ1n) is 5.62. The summed E-state index contributed by atoms with van der Waals surface area (Å²) < 4.78 is 13.6. The Morgan fingerprint density at radius 1 is 1.50 bits per heavy atom. The third-order valence-corrected chi connectivity index (χ3v) is 2.50. The highest BCUT2D eigenvalue weighted by Gasteiger charge is 2.12. The van der Waals surface area contributed by atoms with E-state index in [2.05, 4.69) is 22.2 Å². The molecule has 1 aromatic heterocycles. The summed E-state index contributed by atoms with van der Waals surface area (Å²) in [6.45, 7) is 4.21. The minimum atomic E-state index is -0.391. The highest BCUT2D eigenvalue weighted by Crippen LogP contribution is 2.14. The lowest BCUT2D eigenvalue weighted by molar-refractivity contribution is 0.581. The lowest BCUT2D eigenvalue weighted by atomic mass is 10.1. The lowest BCUT2D eigenvalue weighted by Crippen LogP contribution is -2.29. The molecule has 0 saturated carbocycles. The predicted octanol–water partition coefficient (Wildman–Crippen LogP) is 1.85. The number of hydrogen-bond donors (Lipinski definition) is 2. The van der Waals surface area contributed by atoms with Crippen LogP contribution in [0.15, 0.2) is 6.33 Å². The molecule has 16 heavy (non-hydrogen) atoms. The zero-order valence-electron chi connectivity index (χ0n) is 9.83. The van der Waals surface area contributed by atoms with Gasteiger partial charge in [0.05, 0.1) is 5.69 Å². The highest BCUT2D eigenvalue weighted by molar-refractivity contribution is 5.37. The molecule has 1 unspecified atom stereocenters. The van der Waals surface area contributed by atoms with Crippen LogP contribution in [0, 0.1) is 12.7 Å². The van der Waals surface area contributed by atoms with Crippen LogP contribution in [0.3, 0.4) is 0 Å². The number of aryl methyl sites for hydroxylation is 1. The van der Waals surface area contributed by atoms with Crippen molar-refractivity contribution in [2.24, 2.45) is 5.73 Å². The second-order valence-corrected chi connectivity index (χ2v) is 3.84. The van der Waals surface area contributed by atoms with Gasteiger partial charge in [0.25, 0.3) is 0 Å². The Kier molecular flexibility index (Phi) is 5.11. The second kappa shape index (κ2) is 6.37. The molecule has 0 fully saturated rings. The van der Waals surface area contributed by atoms with E-state index >= 15 is 0 Å². The summed E-state index contributed by atoms with van der Waals surface area (Å²) in [5, 5.41) is 3.02. The molecule has 1 heterocycles. The van der Waals surface area contributed by atoms with Crippen LogP contribution in [0.2, 0.25) is 0 Å². The Morgan fingerprint density at radius 2 is 2.25 bits per heavy atom. The van der Waals surface area contributed by atoms with Crippen molar-refractivity contribution in [3.63, 3.8) is 0 Å². The molecule has 0 aliphatic carbocycles. The van der Waals surface area contributed by atoms with Gasteiger partial charge < -0.3 is 11.1 Å². The van der Waals surface area contributed by atoms with Gasteiger partial charge >= 0.3 is 0 Å². The standard InChI is InChI=1S/C11H19FN4/c1-3-4-5-9(6-13)16-11-10(12)8(2)14-7-15-11/h7,9H,3-6,13H2,1-2H3,(H,14,15,16). The normalized spacial score (nSPS) is 12.5. The van der Waals surface area contributed by atoms with Gasteiger partial charge in [0.2, 0.25) is 0 Å². The Morgan fingerprint density at radius 3 is 2.88 bits per heavy atom. The summed E-state index contributed by atoms with van der Waals surface area (Å²) >= 11 is 0. The van der Waals surface area contributed by atoms with Gasteiger partial charge in [0.1, 0.15) is 6.33 Å². The van der Waals surface area contributed by atoms with Gasteiger partial charge in [-0.25, -0.2) is 14.4 Å². The van der Waals surface area contributed by atoms with Gasteiger partial charge in [0.15, 0.2) is 11.6 Å². The average molecular weight is 226 g/mol. The number of nitrogens with two attached hydrogens (primary N) is 1. The maximum absolute atomic E-state index is 13.6. The Hall–Kier alpha value is -1.23. The minimum Gasteiger partial charge on any atom is -0.364 e. The van der Waals surface area contributed by atoms with E-state index in [1.54, 1.807) is 6.92 Å². The number of halogens is 1. The number of aromatic nitrogens is 2. The van der Waals surface area contributed by atoms with E-state index in [0.29, 0.717) is 12.2 Å². The molecule has 0 spiro atoms. The van der Waals surface area contributed by atoms with Gasteiger partial charge in [-0.3, -0.25) is 0 Å². The van der Waals surface area contributed by atoms with Crippen LogP contribution in [0.25, 0.3) is 0 Å². The largest absolute Gasteiger partial charge is 0.364 e. The number of anilines is 1. The van der Waals surface area contributed by atoms with Crippen LogP contribution >= 0.6 is 0 Å². The molecular weight excluding hydrogens is 207 g/mol. The maximum atomic E-state index is 13.6. The quantitative estimate of drug-likeness (QED) is 0.777. The topological polar surface area (TPSA) is 63.8 Å². The molecular formula is C11H19FN4. The third kappa shape index (κ3) is 3.41. The molecule has 4 nitrogen and oxygen atoms in total. The number of rotatable bonds is 6. The molecule has 3 N–H and O–H groups in total. The minimum absolute atomic E-state index is 0.0729. The summed E-state index contributed by atoms with van der Waals surface area (Å²) in [4.78, 5) is 7.66. The maximum Gasteiger partial charge on any atom is 0.186 e. The van der Waals surface area contributed by atoms with Crippen molar-refractivity contribution in [1.82, 2.24) is 9.97 Å². The zero-order valence-corrected chi connectivity index (χ0v) is 9.83. The van der Waals surface area contributed by atoms with Gasteiger partial charge in [-0.1, -0.05) is 19.8 Å². The smallest absolute Gasteiger partial charge is 0.186 e. The molecule has 5 heteroatoms. The van der Waals surface area contributed by atoms with Crippen LogP contribution in [-0.2, 0) is 0 Å². The number of hydrogen-bond acceptors (Lipinski definition) is 4. The number of unbranched alkanes of at least 4 members (excludes halogenated alkanes) is 1. The second-order valence-electron chi connectivity index (χ2n) is 3.84. The number of nitrogens with one attached hydrogen (secondary N) is 1. The van der Waals surface area contributed by atoms with E-state index in [4.69, 9.17) is 5.73 Å². The Balaban J connectivity index is 2.66. The molecule has 1 atom stereocenters. The van der Waals surface area contributed by atoms with Crippen molar-refractivity contribution >= 4 is 5.82 Å². The predicted molar refractivity (Wildman–Crippen MR) is 62.7 cm³/mol. The fourth-order valence-electron chi connectivity index (χ4n) is 1.45. The van der Waals surface area contributed by atoms with E-state index < -0.39 is 5.82 Å². The van der Waals surface area contributed by atoms with Gasteiger partial charge in [-0.05, 0) is 13.3 Å². The molecule has 1 aromatic rings. The number of nitrogens with zero attached hydrogens (tertiary/aromatic N) is 2. The summed E-state index contributed by atoms with van der Waals surface area (Å²) in [5.74, 6) is -0.142. The van der Waals surface area contributed by atoms with Crippen molar-refractivity contribution in [2.75, 3.05) is 11.9 Å². The van der Waals surface area contributed by atoms with Gasteiger partial charge in [-0.15, -0.1) is 0 Å². The summed E-state index contributed by atoms with van der Waals surface area (Å²) in [6, 6.07) is 0.0729. The fraction of sp³-hybridized carbons (Fsp3) is 0.636. The van der Waals surface area contributed by atoms with Crippen LogP contribution in [0.1, 0.15) is 31.9 Å². The molecule has 90 valence electrons. The molecule has 1 rings (SSSR count). The van der Waals surface area contributed by atoms with Crippen molar-refractivity contribution in [3.8, 4) is 0 Å². The highest BCUT2D eigenvalue weighted by atomic mass is 19.1. The molecule has 0 aromatic carbocycles. The van der Waals surface area contributed by atoms with Gasteiger partial charge in [-0.2, -0.15) is 0 Å². The first kappa shape index (κ1) is 12.8. The monoisotopic (exact) mass is 226 g/mol. The zero-order chi connectivity index (χ0) is 12.0. The molecule has 0 bridgehead atoms. The Labute approximate surface area is 95.5 Å². The van der Waals surface area contributed by atoms with Crippen LogP contribution in [-0.4, -0.2) is 22.6 Å². The molecule has 0 aliphatic rings. The first-order chi connectivity index (χ1) is 7.69. The van der Waals surface area contributed by atoms with Gasteiger partial charge in [0, 0.05) is 12.6 Å². The molecule has 0 radical (unpaired) electrons. The first-order valence-corrected chi connectivity index (χ1v) is 5.62. The van der Waals surface area contributed by atoms with Crippen molar-refractivity contribution in [1.29, 1.82) is 0 Å². The van der Waals surface area contributed by atoms with E-state index in [-0.39, 0.29) is 11.9 Å². The average Bonchev–Trinajstić information content (AvgIpc) is 2.30. The molecule has 0 aliphatic heterocycles. The molecule has 0 saturated heterocycles. The van der Waals surface area contributed by atoms with E-state index in [1.165, 1.54) is 6.33 Å². The fourth-order valence-corrected chi connectivity index (χ4v) is 1.45. The van der Waals surface area contributed by atoms with Crippen LogP contribution in [0.4, 0.5) is 10.2 Å². The van der Waals surface area contributed by atoms with Crippen LogP contribution < -0.4 is 11.1 Å². The summed E-state index contributed by atoms with van der Waals surface area (Å²) in [5.41, 5.74) is 5.97. The van der Waals surface area contributed by atoms with Crippen molar-refractivity contribution < 1.29 is 4.39 Å². The van der Waals surface area contributed by atoms with Crippen molar-refractivity contribution in [3.05, 3.63) is 17.8 Å². The summed E-state index contributed by atoms with van der Waals surface area (Å²) in [7, 11) is 0. The van der Waals surface area contributed by atoms with E-state index in [1.807, 2.05) is 0 Å². The van der Waals surface area contributed by atoms with Crippen LogP contribution in [0.5, 0.6) is 0 Å². The molecule has 0 amide bonds. The third-order valence-electron chi connectivity index (χ3n) is 2.50. The van der Waals surface area contributed by atoms with E-state index in [0.717, 1.165) is 19.3 Å². The summed E-state index contributed by atoms with van der Waals surface area (Å²) in [6.07, 6.45) is 4.45. The SMILES string of the molecule is CCCCC(CN)Nc1ncnc(C)c1F. The Bertz CT molecular complexity index is 330. The lowest BCUT2D eigenvalue weighted by Gasteiger charge is -2.17.